The zero-order chi connectivity index (χ0) is 22.5. The maximum atomic E-state index is 12.2. The molecule has 0 unspecified atom stereocenters. The monoisotopic (exact) mass is 435 g/mol. The van der Waals surface area contributed by atoms with Crippen LogP contribution in [0.1, 0.15) is 29.0 Å². The van der Waals surface area contributed by atoms with Crippen molar-refractivity contribution in [3.63, 3.8) is 0 Å². The number of hydrogen-bond acceptors (Lipinski definition) is 5. The number of fused-ring (bicyclic) bond motifs is 3. The summed E-state index contributed by atoms with van der Waals surface area (Å²) in [5.74, 6) is 6.60. The van der Waals surface area contributed by atoms with Crippen LogP contribution < -0.4 is 5.32 Å². The molecule has 0 bridgehead atoms. The van der Waals surface area contributed by atoms with Gasteiger partial charge in [0.1, 0.15) is 12.9 Å². The summed E-state index contributed by atoms with van der Waals surface area (Å²) in [5.41, 5.74) is 5.51. The van der Waals surface area contributed by atoms with Gasteiger partial charge in [-0.05, 0) is 22.3 Å². The molecule has 0 aliphatic heterocycles. The van der Waals surface area contributed by atoms with E-state index in [-0.39, 0.29) is 5.92 Å². The summed E-state index contributed by atoms with van der Waals surface area (Å²) >= 11 is 0. The van der Waals surface area contributed by atoms with Crippen molar-refractivity contribution in [1.29, 1.82) is 0 Å². The van der Waals surface area contributed by atoms with Crippen LogP contribution in [-0.4, -0.2) is 38.8 Å². The third-order valence-corrected chi connectivity index (χ3v) is 5.47. The first-order chi connectivity index (χ1) is 16.3. The van der Waals surface area contributed by atoms with E-state index in [1.54, 1.807) is 35.7 Å². The molecule has 33 heavy (non-hydrogen) atoms. The molecular formula is C26H21N5O2. The van der Waals surface area contributed by atoms with Crippen LogP contribution in [0.5, 0.6) is 0 Å². The van der Waals surface area contributed by atoms with Gasteiger partial charge in [-0.2, -0.15) is 0 Å². The number of benzene rings is 2. The van der Waals surface area contributed by atoms with E-state index in [9.17, 15) is 4.79 Å². The fraction of sp³-hybridized carbons (Fsp3) is 0.154. The summed E-state index contributed by atoms with van der Waals surface area (Å²) in [7, 11) is 0. The summed E-state index contributed by atoms with van der Waals surface area (Å²) < 4.78 is 7.25. The number of alkyl carbamates (subject to hydrolysis) is 1. The molecule has 2 aromatic carbocycles. The SMILES string of the molecule is O=C(NCCC#Cc1cnc(-n2ccnc2)nc1)OCC1c2ccccc2-c2ccccc21. The largest absolute Gasteiger partial charge is 0.449 e. The second kappa shape index (κ2) is 9.37. The first kappa shape index (κ1) is 20.5. The lowest BCUT2D eigenvalue weighted by molar-refractivity contribution is 0.143. The fourth-order valence-electron chi connectivity index (χ4n) is 3.94. The highest BCUT2D eigenvalue weighted by Crippen LogP contribution is 2.44. The van der Waals surface area contributed by atoms with Crippen molar-refractivity contribution >= 4 is 6.09 Å². The predicted octanol–water partition coefficient (Wildman–Crippen LogP) is 3.94. The topological polar surface area (TPSA) is 81.9 Å². The summed E-state index contributed by atoms with van der Waals surface area (Å²) in [6.07, 6.45) is 8.45. The van der Waals surface area contributed by atoms with Crippen molar-refractivity contribution in [3.8, 4) is 28.9 Å². The van der Waals surface area contributed by atoms with Crippen LogP contribution in [0.25, 0.3) is 17.1 Å². The Hall–Kier alpha value is -4.44. The molecule has 2 aromatic heterocycles. The fourth-order valence-corrected chi connectivity index (χ4v) is 3.94. The highest BCUT2D eigenvalue weighted by Gasteiger charge is 2.28. The smallest absolute Gasteiger partial charge is 0.407 e. The van der Waals surface area contributed by atoms with Crippen LogP contribution in [0.2, 0.25) is 0 Å². The van der Waals surface area contributed by atoms with E-state index in [1.165, 1.54) is 22.3 Å². The third-order valence-electron chi connectivity index (χ3n) is 5.47. The normalized spacial score (nSPS) is 11.8. The maximum Gasteiger partial charge on any atom is 0.407 e. The molecule has 1 N–H and O–H groups in total. The Morgan fingerprint density at radius 2 is 1.73 bits per heavy atom. The summed E-state index contributed by atoms with van der Waals surface area (Å²) in [6.45, 7) is 0.698. The molecule has 0 radical (unpaired) electrons. The van der Waals surface area contributed by atoms with Gasteiger partial charge in [-0.25, -0.2) is 19.7 Å². The van der Waals surface area contributed by atoms with E-state index in [4.69, 9.17) is 4.74 Å². The zero-order valence-electron chi connectivity index (χ0n) is 17.8. The van der Waals surface area contributed by atoms with Crippen molar-refractivity contribution < 1.29 is 9.53 Å². The van der Waals surface area contributed by atoms with Gasteiger partial charge in [0, 0.05) is 43.7 Å². The van der Waals surface area contributed by atoms with Crippen molar-refractivity contribution in [1.82, 2.24) is 24.8 Å². The molecule has 0 saturated carbocycles. The molecule has 162 valence electrons. The van der Waals surface area contributed by atoms with Crippen molar-refractivity contribution in [2.75, 3.05) is 13.2 Å². The number of carbonyl (C=O) groups is 1. The van der Waals surface area contributed by atoms with Crippen molar-refractivity contribution in [2.24, 2.45) is 0 Å². The van der Waals surface area contributed by atoms with E-state index in [0.717, 1.165) is 0 Å². The first-order valence-electron chi connectivity index (χ1n) is 10.7. The van der Waals surface area contributed by atoms with Gasteiger partial charge in [-0.15, -0.1) is 0 Å². The number of rotatable bonds is 5. The van der Waals surface area contributed by atoms with Gasteiger partial charge >= 0.3 is 6.09 Å². The maximum absolute atomic E-state index is 12.2. The number of amides is 1. The van der Waals surface area contributed by atoms with Gasteiger partial charge in [-0.3, -0.25) is 4.57 Å². The molecule has 1 aliphatic rings. The highest BCUT2D eigenvalue weighted by molar-refractivity contribution is 5.79. The lowest BCUT2D eigenvalue weighted by atomic mass is 9.98. The molecule has 0 atom stereocenters. The van der Waals surface area contributed by atoms with Gasteiger partial charge < -0.3 is 10.1 Å². The summed E-state index contributed by atoms with van der Waals surface area (Å²) in [6, 6.07) is 16.5. The second-order valence-corrected chi connectivity index (χ2v) is 7.55. The molecule has 7 heteroatoms. The van der Waals surface area contributed by atoms with Crippen LogP contribution in [0.3, 0.4) is 0 Å². The quantitative estimate of drug-likeness (QED) is 0.379. The minimum absolute atomic E-state index is 0.0493. The number of nitrogens with zero attached hydrogens (tertiary/aromatic N) is 4. The minimum atomic E-state index is -0.438. The average molecular weight is 435 g/mol. The van der Waals surface area contributed by atoms with Crippen molar-refractivity contribution in [3.05, 3.63) is 96.3 Å². The van der Waals surface area contributed by atoms with E-state index >= 15 is 0 Å². The number of hydrogen-bond donors (Lipinski definition) is 1. The number of nitrogens with one attached hydrogen (secondary N) is 1. The molecule has 1 amide bonds. The average Bonchev–Trinajstić information content (AvgIpc) is 3.50. The number of aromatic nitrogens is 4. The summed E-state index contributed by atoms with van der Waals surface area (Å²) in [4.78, 5) is 24.7. The highest BCUT2D eigenvalue weighted by atomic mass is 16.5. The van der Waals surface area contributed by atoms with E-state index in [0.29, 0.717) is 31.1 Å². The van der Waals surface area contributed by atoms with E-state index in [2.05, 4.69) is 56.4 Å². The summed E-state index contributed by atoms with van der Waals surface area (Å²) in [5, 5.41) is 2.76. The van der Waals surface area contributed by atoms with Crippen LogP contribution >= 0.6 is 0 Å². The van der Waals surface area contributed by atoms with E-state index in [1.807, 2.05) is 24.3 Å². The predicted molar refractivity (Wildman–Crippen MR) is 124 cm³/mol. The molecule has 4 aromatic rings. The third kappa shape index (κ3) is 4.46. The molecule has 1 aliphatic carbocycles. The Morgan fingerprint density at radius 1 is 1.03 bits per heavy atom. The van der Waals surface area contributed by atoms with Gasteiger partial charge in [0.15, 0.2) is 0 Å². The van der Waals surface area contributed by atoms with Gasteiger partial charge in [-0.1, -0.05) is 60.4 Å². The van der Waals surface area contributed by atoms with Crippen LogP contribution in [-0.2, 0) is 4.74 Å². The van der Waals surface area contributed by atoms with Crippen LogP contribution in [0.15, 0.2) is 79.6 Å². The first-order valence-corrected chi connectivity index (χ1v) is 10.7. The Kier molecular flexibility index (Phi) is 5.81. The van der Waals surface area contributed by atoms with E-state index < -0.39 is 6.09 Å². The van der Waals surface area contributed by atoms with Gasteiger partial charge in [0.25, 0.3) is 0 Å². The van der Waals surface area contributed by atoms with Crippen LogP contribution in [0.4, 0.5) is 4.79 Å². The standard InChI is InChI=1S/C26H21N5O2/c32-26(28-12-6-5-7-19-15-29-25(30-16-19)31-14-13-27-18-31)33-17-24-22-10-3-1-8-20(22)21-9-2-4-11-23(21)24/h1-4,8-11,13-16,18,24H,6,12,17H2,(H,28,32). The molecule has 7 nitrogen and oxygen atoms in total. The molecule has 0 saturated heterocycles. The number of carbonyl (C=O) groups excluding carboxylic acids is 1. The molecule has 0 fully saturated rings. The Balaban J connectivity index is 1.10. The number of ether oxygens (including phenoxy) is 1. The lowest BCUT2D eigenvalue weighted by Gasteiger charge is -2.14. The minimum Gasteiger partial charge on any atom is -0.449 e. The van der Waals surface area contributed by atoms with Gasteiger partial charge in [0.05, 0.1) is 5.56 Å². The molecule has 0 spiro atoms. The van der Waals surface area contributed by atoms with Crippen molar-refractivity contribution in [2.45, 2.75) is 12.3 Å². The molecule has 5 rings (SSSR count). The Morgan fingerprint density at radius 3 is 2.39 bits per heavy atom. The Labute approximate surface area is 191 Å². The number of imidazole rings is 1. The Bertz CT molecular complexity index is 1280. The zero-order valence-corrected chi connectivity index (χ0v) is 17.8. The molecule has 2 heterocycles. The van der Waals surface area contributed by atoms with Gasteiger partial charge in [0.2, 0.25) is 5.95 Å². The lowest BCUT2D eigenvalue weighted by Crippen LogP contribution is -2.26. The second-order valence-electron chi connectivity index (χ2n) is 7.55. The van der Waals surface area contributed by atoms with Crippen LogP contribution in [0, 0.1) is 11.8 Å². The molecular weight excluding hydrogens is 414 g/mol.